The number of aliphatic hydroxyl groups is 1. The van der Waals surface area contributed by atoms with Crippen molar-refractivity contribution in [2.24, 2.45) is 11.8 Å². The molecule has 146 valence electrons. The third-order valence-corrected chi connectivity index (χ3v) is 5.03. The van der Waals surface area contributed by atoms with E-state index in [-0.39, 0.29) is 17.9 Å². The van der Waals surface area contributed by atoms with Crippen LogP contribution in [0.5, 0.6) is 5.75 Å². The molecule has 2 aromatic rings. The molecule has 3 rings (SSSR count). The third kappa shape index (κ3) is 4.13. The maximum absolute atomic E-state index is 12.3. The lowest BCUT2D eigenvalue weighted by Crippen LogP contribution is -2.53. The fraction of sp³-hybridized carbons (Fsp3) is 0.550. The third-order valence-electron chi connectivity index (χ3n) is 5.03. The highest BCUT2D eigenvalue weighted by Crippen LogP contribution is 2.33. The van der Waals surface area contributed by atoms with E-state index >= 15 is 0 Å². The van der Waals surface area contributed by atoms with Crippen LogP contribution in [0.25, 0.3) is 11.0 Å². The van der Waals surface area contributed by atoms with Crippen LogP contribution in [0.2, 0.25) is 0 Å². The van der Waals surface area contributed by atoms with Crippen molar-refractivity contribution in [2.45, 2.75) is 39.3 Å². The second kappa shape index (κ2) is 8.08. The molecule has 0 radical (unpaired) electrons. The quantitative estimate of drug-likeness (QED) is 0.835. The molecule has 1 unspecified atom stereocenters. The molecule has 1 amide bonds. The number of rotatable bonds is 5. The van der Waals surface area contributed by atoms with Gasteiger partial charge in [0, 0.05) is 31.5 Å². The van der Waals surface area contributed by atoms with Crippen molar-refractivity contribution in [1.82, 2.24) is 15.3 Å². The van der Waals surface area contributed by atoms with Crippen LogP contribution in [-0.2, 0) is 4.79 Å². The first-order valence-electron chi connectivity index (χ1n) is 9.41. The van der Waals surface area contributed by atoms with Crippen molar-refractivity contribution in [3.8, 4) is 5.75 Å². The minimum Gasteiger partial charge on any atom is -0.494 e. The number of nitrogens with zero attached hydrogens (tertiary/aromatic N) is 3. The van der Waals surface area contributed by atoms with E-state index < -0.39 is 6.10 Å². The fourth-order valence-corrected chi connectivity index (χ4v) is 3.68. The minimum atomic E-state index is -0.983. The zero-order chi connectivity index (χ0) is 19.6. The van der Waals surface area contributed by atoms with Crippen LogP contribution < -0.4 is 15.0 Å². The average molecular weight is 372 g/mol. The molecule has 0 aliphatic carbocycles. The maximum Gasteiger partial charge on any atom is 0.249 e. The Hall–Kier alpha value is -2.41. The van der Waals surface area contributed by atoms with Crippen molar-refractivity contribution in [3.05, 3.63) is 24.5 Å². The van der Waals surface area contributed by atoms with E-state index in [1.807, 2.05) is 26.0 Å². The largest absolute Gasteiger partial charge is 0.494 e. The van der Waals surface area contributed by atoms with Gasteiger partial charge in [-0.05, 0) is 30.4 Å². The van der Waals surface area contributed by atoms with E-state index in [0.717, 1.165) is 29.7 Å². The van der Waals surface area contributed by atoms with Gasteiger partial charge >= 0.3 is 0 Å². The standard InChI is InChI=1S/C20H28N4O3/c1-12(2)19(25)20(26)23-14-9-13(3)10-24(11-14)15-5-6-16(27-4)18-17(15)21-7-8-22-18/h5-8,12-14,19,25H,9-11H2,1-4H3,(H,23,26)/t13-,14+,19?/m0/s1. The molecule has 2 N–H and O–H groups in total. The fourth-order valence-electron chi connectivity index (χ4n) is 3.68. The van der Waals surface area contributed by atoms with Gasteiger partial charge in [-0.1, -0.05) is 20.8 Å². The number of carbonyl (C=O) groups is 1. The normalized spacial score (nSPS) is 21.3. The highest BCUT2D eigenvalue weighted by Gasteiger charge is 2.29. The van der Waals surface area contributed by atoms with E-state index in [4.69, 9.17) is 4.74 Å². The number of anilines is 1. The van der Waals surface area contributed by atoms with Crippen LogP contribution in [0.15, 0.2) is 24.5 Å². The highest BCUT2D eigenvalue weighted by atomic mass is 16.5. The number of fused-ring (bicyclic) bond motifs is 1. The molecule has 1 aromatic carbocycles. The topological polar surface area (TPSA) is 87.6 Å². The number of hydrogen-bond acceptors (Lipinski definition) is 6. The Morgan fingerprint density at radius 1 is 1.26 bits per heavy atom. The molecule has 2 heterocycles. The van der Waals surface area contributed by atoms with Gasteiger partial charge in [0.15, 0.2) is 0 Å². The molecule has 1 aromatic heterocycles. The number of hydrogen-bond donors (Lipinski definition) is 2. The molecule has 3 atom stereocenters. The van der Waals surface area contributed by atoms with E-state index in [0.29, 0.717) is 18.2 Å². The Morgan fingerprint density at radius 3 is 2.63 bits per heavy atom. The molecule has 7 nitrogen and oxygen atoms in total. The Morgan fingerprint density at radius 2 is 1.96 bits per heavy atom. The SMILES string of the molecule is COc1ccc(N2C[C@@H](C)C[C@@H](NC(=O)C(O)C(C)C)C2)c2nccnc12. The first kappa shape index (κ1) is 19.4. The summed E-state index contributed by atoms with van der Waals surface area (Å²) in [6, 6.07) is 3.88. The van der Waals surface area contributed by atoms with Crippen LogP contribution in [-0.4, -0.2) is 53.3 Å². The molecular formula is C20H28N4O3. The number of ether oxygens (including phenoxy) is 1. The summed E-state index contributed by atoms with van der Waals surface area (Å²) in [4.78, 5) is 23.4. The van der Waals surface area contributed by atoms with Crippen LogP contribution >= 0.6 is 0 Å². The second-order valence-corrected chi connectivity index (χ2v) is 7.68. The van der Waals surface area contributed by atoms with Gasteiger partial charge in [0.2, 0.25) is 5.91 Å². The monoisotopic (exact) mass is 372 g/mol. The summed E-state index contributed by atoms with van der Waals surface area (Å²) in [6.07, 6.45) is 3.23. The number of benzene rings is 1. The van der Waals surface area contributed by atoms with Gasteiger partial charge in [-0.25, -0.2) is 4.98 Å². The molecular weight excluding hydrogens is 344 g/mol. The van der Waals surface area contributed by atoms with Crippen molar-refractivity contribution in [2.75, 3.05) is 25.1 Å². The van der Waals surface area contributed by atoms with E-state index in [9.17, 15) is 9.90 Å². The number of methoxy groups -OCH3 is 1. The van der Waals surface area contributed by atoms with Crippen LogP contribution in [0.4, 0.5) is 5.69 Å². The lowest BCUT2D eigenvalue weighted by Gasteiger charge is -2.38. The van der Waals surface area contributed by atoms with Gasteiger partial charge in [-0.15, -0.1) is 0 Å². The summed E-state index contributed by atoms with van der Waals surface area (Å²) in [6.45, 7) is 7.38. The first-order valence-corrected chi connectivity index (χ1v) is 9.41. The number of nitrogens with one attached hydrogen (secondary N) is 1. The Balaban J connectivity index is 1.85. The summed E-state index contributed by atoms with van der Waals surface area (Å²) in [5, 5.41) is 13.0. The molecule has 7 heteroatoms. The number of aromatic nitrogens is 2. The predicted octanol–water partition coefficient (Wildman–Crippen LogP) is 1.99. The van der Waals surface area contributed by atoms with Crippen LogP contribution in [0.1, 0.15) is 27.2 Å². The van der Waals surface area contributed by atoms with Crippen molar-refractivity contribution in [1.29, 1.82) is 0 Å². The Kier molecular flexibility index (Phi) is 5.79. The minimum absolute atomic E-state index is 0.0246. The maximum atomic E-state index is 12.3. The summed E-state index contributed by atoms with van der Waals surface area (Å²) >= 11 is 0. The molecule has 0 saturated carbocycles. The molecule has 0 bridgehead atoms. The number of piperidine rings is 1. The summed E-state index contributed by atoms with van der Waals surface area (Å²) in [5.41, 5.74) is 2.50. The first-order chi connectivity index (χ1) is 12.9. The molecule has 27 heavy (non-hydrogen) atoms. The lowest BCUT2D eigenvalue weighted by atomic mass is 9.94. The highest BCUT2D eigenvalue weighted by molar-refractivity contribution is 5.92. The summed E-state index contributed by atoms with van der Waals surface area (Å²) in [7, 11) is 1.62. The number of carbonyl (C=O) groups excluding carboxylic acids is 1. The molecule has 1 aliphatic rings. The Bertz CT molecular complexity index is 811. The molecule has 1 saturated heterocycles. The van der Waals surface area contributed by atoms with Crippen molar-refractivity contribution >= 4 is 22.6 Å². The number of amides is 1. The average Bonchev–Trinajstić information content (AvgIpc) is 2.65. The van der Waals surface area contributed by atoms with Gasteiger partial charge in [0.1, 0.15) is 22.9 Å². The van der Waals surface area contributed by atoms with Gasteiger partial charge in [0.05, 0.1) is 12.8 Å². The second-order valence-electron chi connectivity index (χ2n) is 7.68. The smallest absolute Gasteiger partial charge is 0.249 e. The zero-order valence-electron chi connectivity index (χ0n) is 16.3. The van der Waals surface area contributed by atoms with Crippen molar-refractivity contribution in [3.63, 3.8) is 0 Å². The predicted molar refractivity (Wildman–Crippen MR) is 105 cm³/mol. The van der Waals surface area contributed by atoms with Crippen LogP contribution in [0, 0.1) is 11.8 Å². The summed E-state index contributed by atoms with van der Waals surface area (Å²) in [5.74, 6) is 0.678. The Labute approximate surface area is 159 Å². The zero-order valence-corrected chi connectivity index (χ0v) is 16.3. The van der Waals surface area contributed by atoms with Crippen molar-refractivity contribution < 1.29 is 14.6 Å². The van der Waals surface area contributed by atoms with Gasteiger partial charge < -0.3 is 20.1 Å². The number of aliphatic hydroxyl groups excluding tert-OH is 1. The van der Waals surface area contributed by atoms with E-state index in [2.05, 4.69) is 27.1 Å². The van der Waals surface area contributed by atoms with Gasteiger partial charge in [-0.2, -0.15) is 0 Å². The summed E-state index contributed by atoms with van der Waals surface area (Å²) < 4.78 is 5.41. The van der Waals surface area contributed by atoms with Gasteiger partial charge in [-0.3, -0.25) is 9.78 Å². The van der Waals surface area contributed by atoms with Crippen LogP contribution in [0.3, 0.4) is 0 Å². The van der Waals surface area contributed by atoms with Gasteiger partial charge in [0.25, 0.3) is 0 Å². The molecule has 1 fully saturated rings. The van der Waals surface area contributed by atoms with E-state index in [1.54, 1.807) is 19.5 Å². The molecule has 0 spiro atoms. The van der Waals surface area contributed by atoms with E-state index in [1.165, 1.54) is 0 Å². The molecule has 1 aliphatic heterocycles. The lowest BCUT2D eigenvalue weighted by molar-refractivity contribution is -0.132.